The van der Waals surface area contributed by atoms with Crippen molar-refractivity contribution in [2.24, 2.45) is 5.73 Å². The van der Waals surface area contributed by atoms with Crippen molar-refractivity contribution in [2.75, 3.05) is 19.6 Å². The number of hydrogen-bond donors (Lipinski definition) is 3. The lowest BCUT2D eigenvalue weighted by Gasteiger charge is -2.19. The standard InChI is InChI=1S/C7H14N2O4/c1-5(10)2-9(3-6(8)11)4-7(12)13/h5,10H,2-4H2,1H3,(H2,8,11)(H,12,13). The van der Waals surface area contributed by atoms with Gasteiger partial charge in [0.15, 0.2) is 0 Å². The van der Waals surface area contributed by atoms with Crippen LogP contribution in [0.2, 0.25) is 0 Å². The van der Waals surface area contributed by atoms with E-state index in [4.69, 9.17) is 15.9 Å². The number of primary amides is 1. The Morgan fingerprint density at radius 3 is 2.31 bits per heavy atom. The molecule has 4 N–H and O–H groups in total. The van der Waals surface area contributed by atoms with Gasteiger partial charge in [-0.25, -0.2) is 0 Å². The number of carbonyl (C=O) groups excluding carboxylic acids is 1. The van der Waals surface area contributed by atoms with Crippen molar-refractivity contribution in [3.05, 3.63) is 0 Å². The SMILES string of the molecule is CC(O)CN(CC(N)=O)CC(=O)O. The molecule has 6 heteroatoms. The fourth-order valence-corrected chi connectivity index (χ4v) is 0.970. The Bertz CT molecular complexity index is 177. The highest BCUT2D eigenvalue weighted by Gasteiger charge is 2.13. The molecule has 13 heavy (non-hydrogen) atoms. The summed E-state index contributed by atoms with van der Waals surface area (Å²) in [5.74, 6) is -1.66. The van der Waals surface area contributed by atoms with Gasteiger partial charge in [-0.05, 0) is 6.92 Å². The molecule has 76 valence electrons. The zero-order valence-corrected chi connectivity index (χ0v) is 7.43. The Morgan fingerprint density at radius 1 is 1.46 bits per heavy atom. The summed E-state index contributed by atoms with van der Waals surface area (Å²) in [6, 6.07) is 0. The van der Waals surface area contributed by atoms with Gasteiger partial charge >= 0.3 is 5.97 Å². The van der Waals surface area contributed by atoms with Crippen LogP contribution < -0.4 is 5.73 Å². The molecule has 0 aliphatic rings. The van der Waals surface area contributed by atoms with Gasteiger partial charge in [0.1, 0.15) is 0 Å². The van der Waals surface area contributed by atoms with Crippen LogP contribution in [0.3, 0.4) is 0 Å². The van der Waals surface area contributed by atoms with Crippen molar-refractivity contribution in [3.63, 3.8) is 0 Å². The zero-order chi connectivity index (χ0) is 10.4. The minimum Gasteiger partial charge on any atom is -0.480 e. The molecular weight excluding hydrogens is 176 g/mol. The molecule has 1 amide bonds. The van der Waals surface area contributed by atoms with Gasteiger partial charge in [-0.1, -0.05) is 0 Å². The first-order valence-electron chi connectivity index (χ1n) is 3.82. The number of amides is 1. The molecule has 0 saturated carbocycles. The van der Waals surface area contributed by atoms with E-state index < -0.39 is 18.0 Å². The van der Waals surface area contributed by atoms with Gasteiger partial charge in [0, 0.05) is 6.54 Å². The number of carboxylic acid groups (broad SMARTS) is 1. The molecule has 0 fully saturated rings. The quantitative estimate of drug-likeness (QED) is 0.460. The fourth-order valence-electron chi connectivity index (χ4n) is 0.970. The van der Waals surface area contributed by atoms with E-state index in [1.807, 2.05) is 0 Å². The Labute approximate surface area is 75.9 Å². The van der Waals surface area contributed by atoms with Gasteiger partial charge in [-0.2, -0.15) is 0 Å². The summed E-state index contributed by atoms with van der Waals surface area (Å²) in [6.45, 7) is 1.18. The van der Waals surface area contributed by atoms with Crippen LogP contribution in [0.15, 0.2) is 0 Å². The number of aliphatic hydroxyl groups excluding tert-OH is 1. The highest BCUT2D eigenvalue weighted by molar-refractivity contribution is 5.77. The van der Waals surface area contributed by atoms with Crippen LogP contribution in [0.4, 0.5) is 0 Å². The first-order chi connectivity index (χ1) is 5.91. The Kier molecular flexibility index (Phi) is 5.01. The van der Waals surface area contributed by atoms with Crippen LogP contribution in [-0.4, -0.2) is 52.7 Å². The normalized spacial score (nSPS) is 12.8. The predicted molar refractivity (Wildman–Crippen MR) is 45.0 cm³/mol. The summed E-state index contributed by atoms with van der Waals surface area (Å²) in [5, 5.41) is 17.4. The molecule has 0 saturated heterocycles. The molecule has 1 unspecified atom stereocenters. The first kappa shape index (κ1) is 11.9. The number of aliphatic hydroxyl groups is 1. The molecule has 0 aliphatic carbocycles. The van der Waals surface area contributed by atoms with E-state index in [0.29, 0.717) is 0 Å². The second-order valence-electron chi connectivity index (χ2n) is 2.88. The molecule has 0 aromatic heterocycles. The average molecular weight is 190 g/mol. The highest BCUT2D eigenvalue weighted by Crippen LogP contribution is 1.91. The number of carbonyl (C=O) groups is 2. The van der Waals surface area contributed by atoms with Gasteiger partial charge in [0.2, 0.25) is 5.91 Å². The molecule has 0 aliphatic heterocycles. The van der Waals surface area contributed by atoms with E-state index in [1.54, 1.807) is 0 Å². The van der Waals surface area contributed by atoms with Crippen LogP contribution in [0.5, 0.6) is 0 Å². The molecule has 0 spiro atoms. The van der Waals surface area contributed by atoms with Crippen molar-refractivity contribution >= 4 is 11.9 Å². The van der Waals surface area contributed by atoms with Crippen molar-refractivity contribution in [1.82, 2.24) is 4.90 Å². The number of carboxylic acids is 1. The number of aliphatic carboxylic acids is 1. The molecule has 6 nitrogen and oxygen atoms in total. The third-order valence-corrected chi connectivity index (χ3v) is 1.26. The largest absolute Gasteiger partial charge is 0.480 e. The first-order valence-corrected chi connectivity index (χ1v) is 3.82. The third-order valence-electron chi connectivity index (χ3n) is 1.26. The summed E-state index contributed by atoms with van der Waals surface area (Å²) in [7, 11) is 0. The smallest absolute Gasteiger partial charge is 0.317 e. The Balaban J connectivity index is 4.02. The lowest BCUT2D eigenvalue weighted by molar-refractivity contribution is -0.138. The van der Waals surface area contributed by atoms with Gasteiger partial charge in [0.25, 0.3) is 0 Å². The maximum atomic E-state index is 10.5. The lowest BCUT2D eigenvalue weighted by atomic mass is 10.3. The van der Waals surface area contributed by atoms with Crippen molar-refractivity contribution in [1.29, 1.82) is 0 Å². The van der Waals surface area contributed by atoms with Crippen LogP contribution in [0.25, 0.3) is 0 Å². The second kappa shape index (κ2) is 5.50. The van der Waals surface area contributed by atoms with Crippen LogP contribution >= 0.6 is 0 Å². The van der Waals surface area contributed by atoms with Gasteiger partial charge in [0.05, 0.1) is 19.2 Å². The van der Waals surface area contributed by atoms with Gasteiger partial charge in [-0.3, -0.25) is 14.5 Å². The number of hydrogen-bond acceptors (Lipinski definition) is 4. The number of rotatable bonds is 6. The summed E-state index contributed by atoms with van der Waals surface area (Å²) in [4.78, 5) is 22.0. The average Bonchev–Trinajstić information content (AvgIpc) is 1.80. The maximum absolute atomic E-state index is 10.5. The van der Waals surface area contributed by atoms with E-state index in [-0.39, 0.29) is 19.6 Å². The number of nitrogens with two attached hydrogens (primary N) is 1. The van der Waals surface area contributed by atoms with Crippen LogP contribution in [0.1, 0.15) is 6.92 Å². The van der Waals surface area contributed by atoms with Crippen LogP contribution in [-0.2, 0) is 9.59 Å². The third kappa shape index (κ3) is 7.23. The molecule has 0 heterocycles. The van der Waals surface area contributed by atoms with Crippen molar-refractivity contribution in [3.8, 4) is 0 Å². The molecule has 0 rings (SSSR count). The summed E-state index contributed by atoms with van der Waals surface area (Å²) < 4.78 is 0. The van der Waals surface area contributed by atoms with Gasteiger partial charge in [-0.15, -0.1) is 0 Å². The van der Waals surface area contributed by atoms with E-state index in [2.05, 4.69) is 0 Å². The van der Waals surface area contributed by atoms with E-state index in [1.165, 1.54) is 11.8 Å². The minimum atomic E-state index is -1.05. The lowest BCUT2D eigenvalue weighted by Crippen LogP contribution is -2.40. The molecule has 0 bridgehead atoms. The molecule has 1 atom stereocenters. The monoisotopic (exact) mass is 190 g/mol. The maximum Gasteiger partial charge on any atom is 0.317 e. The molecule has 0 aromatic rings. The van der Waals surface area contributed by atoms with E-state index in [9.17, 15) is 9.59 Å². The van der Waals surface area contributed by atoms with Gasteiger partial charge < -0.3 is 15.9 Å². The molecular formula is C7H14N2O4. The summed E-state index contributed by atoms with van der Waals surface area (Å²) in [5.41, 5.74) is 4.89. The fraction of sp³-hybridized carbons (Fsp3) is 0.714. The van der Waals surface area contributed by atoms with E-state index in [0.717, 1.165) is 0 Å². The Hall–Kier alpha value is -1.14. The second-order valence-corrected chi connectivity index (χ2v) is 2.88. The van der Waals surface area contributed by atoms with E-state index >= 15 is 0 Å². The van der Waals surface area contributed by atoms with Crippen molar-refractivity contribution in [2.45, 2.75) is 13.0 Å². The summed E-state index contributed by atoms with van der Waals surface area (Å²) >= 11 is 0. The minimum absolute atomic E-state index is 0.120. The topological polar surface area (TPSA) is 104 Å². The highest BCUT2D eigenvalue weighted by atomic mass is 16.4. The zero-order valence-electron chi connectivity index (χ0n) is 7.43. The molecule has 0 aromatic carbocycles. The Morgan fingerprint density at radius 2 is 2.00 bits per heavy atom. The molecule has 0 radical (unpaired) electrons. The van der Waals surface area contributed by atoms with Crippen LogP contribution in [0, 0.1) is 0 Å². The summed E-state index contributed by atoms with van der Waals surface area (Å²) in [6.07, 6.45) is -0.682. The van der Waals surface area contributed by atoms with Crippen molar-refractivity contribution < 1.29 is 19.8 Å². The predicted octanol–water partition coefficient (Wildman–Crippen LogP) is -1.76. The number of nitrogens with zero attached hydrogens (tertiary/aromatic N) is 1.